The van der Waals surface area contributed by atoms with Gasteiger partial charge in [-0.15, -0.1) is 0 Å². The first-order valence-electron chi connectivity index (χ1n) is 8.57. The highest BCUT2D eigenvalue weighted by atomic mass is 16.5. The number of likely N-dealkylation sites (N-methyl/N-ethyl adjacent to an activating group) is 1. The van der Waals surface area contributed by atoms with Crippen LogP contribution in [0.25, 0.3) is 0 Å². The third-order valence-electron chi connectivity index (χ3n) is 4.22. The van der Waals surface area contributed by atoms with Crippen LogP contribution in [0.4, 0.5) is 0 Å². The van der Waals surface area contributed by atoms with Crippen molar-refractivity contribution in [3.05, 3.63) is 70.3 Å². The van der Waals surface area contributed by atoms with Crippen LogP contribution in [0.5, 0.6) is 0 Å². The number of carbonyl (C=O) groups is 2. The molecular formula is C21H26N2O3. The summed E-state index contributed by atoms with van der Waals surface area (Å²) in [5, 5.41) is 2.91. The predicted molar refractivity (Wildman–Crippen MR) is 102 cm³/mol. The van der Waals surface area contributed by atoms with Crippen molar-refractivity contribution in [3.8, 4) is 0 Å². The van der Waals surface area contributed by atoms with Gasteiger partial charge in [0.25, 0.3) is 0 Å². The fourth-order valence-electron chi connectivity index (χ4n) is 2.75. The standard InChI is InChI=1S/C21H26N2O3/c1-15-5-8-19(16(2)11-15)13-23(3)14-20(24)22-12-17-6-9-18(10-7-17)21(25)26-4/h5-11H,12-14H2,1-4H3,(H,22,24). The van der Waals surface area contributed by atoms with Crippen LogP contribution < -0.4 is 5.32 Å². The minimum atomic E-state index is -0.367. The average Bonchev–Trinajstić information content (AvgIpc) is 2.62. The van der Waals surface area contributed by atoms with E-state index in [1.165, 1.54) is 23.8 Å². The van der Waals surface area contributed by atoms with Gasteiger partial charge in [0, 0.05) is 13.1 Å². The fourth-order valence-corrected chi connectivity index (χ4v) is 2.75. The van der Waals surface area contributed by atoms with Crippen LogP contribution in [0.1, 0.15) is 32.6 Å². The summed E-state index contributed by atoms with van der Waals surface area (Å²) in [6.45, 7) is 5.65. The lowest BCUT2D eigenvalue weighted by Crippen LogP contribution is -2.34. The molecule has 1 amide bonds. The van der Waals surface area contributed by atoms with E-state index in [-0.39, 0.29) is 11.9 Å². The molecule has 0 unspecified atom stereocenters. The topological polar surface area (TPSA) is 58.6 Å². The Kier molecular flexibility index (Phi) is 6.92. The quantitative estimate of drug-likeness (QED) is 0.777. The molecule has 0 heterocycles. The van der Waals surface area contributed by atoms with Gasteiger partial charge in [0.2, 0.25) is 5.91 Å². The summed E-state index contributed by atoms with van der Waals surface area (Å²) in [5.74, 6) is -0.400. The van der Waals surface area contributed by atoms with E-state index in [4.69, 9.17) is 0 Å². The number of benzene rings is 2. The zero-order valence-corrected chi connectivity index (χ0v) is 15.8. The third kappa shape index (κ3) is 5.70. The van der Waals surface area contributed by atoms with Crippen molar-refractivity contribution in [2.24, 2.45) is 0 Å². The molecule has 138 valence electrons. The van der Waals surface area contributed by atoms with Crippen LogP contribution in [-0.2, 0) is 22.6 Å². The first-order chi connectivity index (χ1) is 12.4. The molecule has 2 aromatic rings. The molecule has 1 N–H and O–H groups in total. The van der Waals surface area contributed by atoms with Gasteiger partial charge >= 0.3 is 5.97 Å². The van der Waals surface area contributed by atoms with Gasteiger partial charge in [-0.05, 0) is 49.7 Å². The Morgan fingerprint density at radius 1 is 1.08 bits per heavy atom. The van der Waals surface area contributed by atoms with E-state index in [2.05, 4.69) is 42.1 Å². The largest absolute Gasteiger partial charge is 0.465 e. The molecular weight excluding hydrogens is 328 g/mol. The van der Waals surface area contributed by atoms with Crippen molar-refractivity contribution in [1.82, 2.24) is 10.2 Å². The monoisotopic (exact) mass is 354 g/mol. The van der Waals surface area contributed by atoms with Crippen LogP contribution in [0.2, 0.25) is 0 Å². The minimum absolute atomic E-state index is 0.0330. The number of hydrogen-bond donors (Lipinski definition) is 1. The van der Waals surface area contributed by atoms with Crippen molar-refractivity contribution >= 4 is 11.9 Å². The Labute approximate surface area is 155 Å². The Bertz CT molecular complexity index is 769. The summed E-state index contributed by atoms with van der Waals surface area (Å²) in [7, 11) is 3.29. The molecule has 0 aliphatic rings. The maximum Gasteiger partial charge on any atom is 0.337 e. The van der Waals surface area contributed by atoms with E-state index in [0.29, 0.717) is 18.7 Å². The third-order valence-corrected chi connectivity index (χ3v) is 4.22. The second-order valence-corrected chi connectivity index (χ2v) is 6.57. The van der Waals surface area contributed by atoms with Gasteiger partial charge in [0.15, 0.2) is 0 Å². The SMILES string of the molecule is COC(=O)c1ccc(CNC(=O)CN(C)Cc2ccc(C)cc2C)cc1. The van der Waals surface area contributed by atoms with Crippen molar-refractivity contribution in [1.29, 1.82) is 0 Å². The molecule has 5 nitrogen and oxygen atoms in total. The number of nitrogens with zero attached hydrogens (tertiary/aromatic N) is 1. The zero-order chi connectivity index (χ0) is 19.1. The molecule has 26 heavy (non-hydrogen) atoms. The minimum Gasteiger partial charge on any atom is -0.465 e. The molecule has 0 bridgehead atoms. The summed E-state index contributed by atoms with van der Waals surface area (Å²) >= 11 is 0. The Balaban J connectivity index is 1.81. The molecule has 0 radical (unpaired) electrons. The van der Waals surface area contributed by atoms with Crippen LogP contribution >= 0.6 is 0 Å². The Morgan fingerprint density at radius 2 is 1.77 bits per heavy atom. The summed E-state index contributed by atoms with van der Waals surface area (Å²) in [4.78, 5) is 25.6. The highest BCUT2D eigenvalue weighted by Crippen LogP contribution is 2.12. The Hall–Kier alpha value is -2.66. The molecule has 5 heteroatoms. The van der Waals surface area contributed by atoms with Crippen molar-refractivity contribution in [3.63, 3.8) is 0 Å². The number of methoxy groups -OCH3 is 1. The Morgan fingerprint density at radius 3 is 2.38 bits per heavy atom. The van der Waals surface area contributed by atoms with Gasteiger partial charge < -0.3 is 10.1 Å². The zero-order valence-electron chi connectivity index (χ0n) is 15.8. The molecule has 0 aliphatic heterocycles. The number of rotatable bonds is 7. The smallest absolute Gasteiger partial charge is 0.337 e. The fraction of sp³-hybridized carbons (Fsp3) is 0.333. The number of carbonyl (C=O) groups excluding carboxylic acids is 2. The number of nitrogens with one attached hydrogen (secondary N) is 1. The van der Waals surface area contributed by atoms with E-state index >= 15 is 0 Å². The molecule has 0 aliphatic carbocycles. The average molecular weight is 354 g/mol. The lowest BCUT2D eigenvalue weighted by Gasteiger charge is -2.18. The van der Waals surface area contributed by atoms with Crippen molar-refractivity contribution in [2.75, 3.05) is 20.7 Å². The summed E-state index contributed by atoms with van der Waals surface area (Å²) in [6.07, 6.45) is 0. The molecule has 2 aromatic carbocycles. The van der Waals surface area contributed by atoms with Gasteiger partial charge in [-0.2, -0.15) is 0 Å². The molecule has 0 saturated heterocycles. The van der Waals surface area contributed by atoms with Crippen molar-refractivity contribution in [2.45, 2.75) is 26.9 Å². The molecule has 0 fully saturated rings. The lowest BCUT2D eigenvalue weighted by atomic mass is 10.1. The van der Waals surface area contributed by atoms with E-state index in [1.54, 1.807) is 12.1 Å². The first kappa shape index (κ1) is 19.7. The van der Waals surface area contributed by atoms with Crippen LogP contribution in [0.3, 0.4) is 0 Å². The van der Waals surface area contributed by atoms with Gasteiger partial charge in [-0.1, -0.05) is 35.9 Å². The molecule has 0 spiro atoms. The molecule has 0 atom stereocenters. The summed E-state index contributed by atoms with van der Waals surface area (Å²) in [6, 6.07) is 13.4. The highest BCUT2D eigenvalue weighted by molar-refractivity contribution is 5.89. The number of hydrogen-bond acceptors (Lipinski definition) is 4. The number of aryl methyl sites for hydroxylation is 2. The van der Waals surface area contributed by atoms with Crippen LogP contribution in [0.15, 0.2) is 42.5 Å². The van der Waals surface area contributed by atoms with Gasteiger partial charge in [0.05, 0.1) is 19.2 Å². The number of esters is 1. The predicted octanol–water partition coefficient (Wildman–Crippen LogP) is 2.84. The van der Waals surface area contributed by atoms with E-state index < -0.39 is 0 Å². The van der Waals surface area contributed by atoms with E-state index in [0.717, 1.165) is 12.1 Å². The van der Waals surface area contributed by atoms with Crippen LogP contribution in [0, 0.1) is 13.8 Å². The van der Waals surface area contributed by atoms with Gasteiger partial charge in [-0.25, -0.2) is 4.79 Å². The molecule has 2 rings (SSSR count). The van der Waals surface area contributed by atoms with Gasteiger partial charge in [0.1, 0.15) is 0 Å². The maximum atomic E-state index is 12.2. The number of ether oxygens (including phenoxy) is 1. The van der Waals surface area contributed by atoms with E-state index in [9.17, 15) is 9.59 Å². The molecule has 0 saturated carbocycles. The summed E-state index contributed by atoms with van der Waals surface area (Å²) in [5.41, 5.74) is 5.14. The van der Waals surface area contributed by atoms with E-state index in [1.807, 2.05) is 24.1 Å². The first-order valence-corrected chi connectivity index (χ1v) is 8.57. The number of amides is 1. The van der Waals surface area contributed by atoms with Crippen molar-refractivity contribution < 1.29 is 14.3 Å². The normalized spacial score (nSPS) is 10.7. The maximum absolute atomic E-state index is 12.2. The summed E-state index contributed by atoms with van der Waals surface area (Å²) < 4.78 is 4.67. The highest BCUT2D eigenvalue weighted by Gasteiger charge is 2.09. The van der Waals surface area contributed by atoms with Crippen LogP contribution in [-0.4, -0.2) is 37.5 Å². The second kappa shape index (κ2) is 9.15. The van der Waals surface area contributed by atoms with Gasteiger partial charge in [-0.3, -0.25) is 9.69 Å². The second-order valence-electron chi connectivity index (χ2n) is 6.57. The lowest BCUT2D eigenvalue weighted by molar-refractivity contribution is -0.122. The molecule has 0 aromatic heterocycles.